The second-order valence-electron chi connectivity index (χ2n) is 2.50. The third-order valence-electron chi connectivity index (χ3n) is 1.63. The summed E-state index contributed by atoms with van der Waals surface area (Å²) in [6.45, 7) is 5.34. The molecule has 0 spiro atoms. The van der Waals surface area contributed by atoms with Gasteiger partial charge in [-0.25, -0.2) is 0 Å². The van der Waals surface area contributed by atoms with Crippen LogP contribution in [0, 0.1) is 6.92 Å². The number of hydrogen-bond donors (Lipinski definition) is 2. The van der Waals surface area contributed by atoms with Crippen LogP contribution in [0.1, 0.15) is 0 Å². The fourth-order valence-electron chi connectivity index (χ4n) is 0.993. The van der Waals surface area contributed by atoms with E-state index in [1.54, 1.807) is 6.08 Å². The summed E-state index contributed by atoms with van der Waals surface area (Å²) in [5.41, 5.74) is 0. The maximum Gasteiger partial charge on any atom is 0.112 e. The first kappa shape index (κ1) is 10.7. The highest BCUT2D eigenvalue weighted by Gasteiger charge is 2.39. The Bertz CT molecular complexity index is 191. The zero-order valence-electron chi connectivity index (χ0n) is 6.02. The molecule has 0 aromatic carbocycles. The lowest BCUT2D eigenvalue weighted by atomic mass is 10.1. The van der Waals surface area contributed by atoms with E-state index in [-0.39, 0.29) is 0 Å². The Kier molecular flexibility index (Phi) is 3.73. The maximum absolute atomic E-state index is 9.34. The number of rotatable bonds is 1. The second-order valence-corrected chi connectivity index (χ2v) is 5.28. The summed E-state index contributed by atoms with van der Waals surface area (Å²) in [5, 5.41) is 18.5. The molecule has 0 bridgehead atoms. The van der Waals surface area contributed by atoms with E-state index in [1.807, 2.05) is 0 Å². The van der Waals surface area contributed by atoms with Crippen molar-refractivity contribution in [1.29, 1.82) is 0 Å². The molecule has 1 unspecified atom stereocenters. The Hall–Kier alpha value is 0.580. The first-order valence-corrected chi connectivity index (χ1v) is 4.91. The van der Waals surface area contributed by atoms with Crippen LogP contribution in [-0.2, 0) is 4.74 Å². The molecule has 12 heavy (non-hydrogen) atoms. The lowest BCUT2D eigenvalue weighted by Crippen LogP contribution is -2.30. The average molecular weight is 300 g/mol. The fourth-order valence-corrected chi connectivity index (χ4v) is 1.51. The smallest absolute Gasteiger partial charge is 0.112 e. The summed E-state index contributed by atoms with van der Waals surface area (Å²) in [5.74, 6) is 0. The Balaban J connectivity index is 2.65. The Morgan fingerprint density at radius 2 is 1.92 bits per heavy atom. The van der Waals surface area contributed by atoms with E-state index in [9.17, 15) is 10.2 Å². The van der Waals surface area contributed by atoms with E-state index >= 15 is 0 Å². The van der Waals surface area contributed by atoms with E-state index in [2.05, 4.69) is 31.9 Å². The van der Waals surface area contributed by atoms with Gasteiger partial charge in [-0.3, -0.25) is 0 Å². The molecule has 0 amide bonds. The molecule has 4 atom stereocenters. The van der Waals surface area contributed by atoms with Crippen molar-refractivity contribution in [2.45, 2.75) is 24.4 Å². The molecule has 0 aromatic heterocycles. The number of aliphatic hydroxyl groups is 2. The molecule has 0 aliphatic carbocycles. The van der Waals surface area contributed by atoms with Crippen LogP contribution in [0.2, 0.25) is 0 Å². The number of halogens is 2. The van der Waals surface area contributed by atoms with Gasteiger partial charge >= 0.3 is 0 Å². The van der Waals surface area contributed by atoms with Crippen LogP contribution in [-0.4, -0.2) is 34.6 Å². The quantitative estimate of drug-likeness (QED) is 0.754. The normalized spacial score (nSPS) is 41.4. The Labute approximate surface area is 87.7 Å². The SMILES string of the molecule is [CH][C@@H]1O[C@H](C=C(Br)Br)[C@H](O)C1O. The Morgan fingerprint density at radius 1 is 1.33 bits per heavy atom. The summed E-state index contributed by atoms with van der Waals surface area (Å²) in [6.07, 6.45) is -1.79. The molecule has 68 valence electrons. The van der Waals surface area contributed by atoms with Gasteiger partial charge in [-0.1, -0.05) is 0 Å². The van der Waals surface area contributed by atoms with Gasteiger partial charge in [0.05, 0.1) is 9.50 Å². The molecule has 0 aromatic rings. The molecule has 1 aliphatic rings. The van der Waals surface area contributed by atoms with Crippen LogP contribution in [0.4, 0.5) is 0 Å². The second kappa shape index (κ2) is 4.19. The summed E-state index contributed by atoms with van der Waals surface area (Å²) >= 11 is 6.23. The van der Waals surface area contributed by atoms with Crippen LogP contribution in [0.3, 0.4) is 0 Å². The number of ether oxygens (including phenoxy) is 1. The van der Waals surface area contributed by atoms with Gasteiger partial charge in [0, 0.05) is 0 Å². The lowest BCUT2D eigenvalue weighted by molar-refractivity contribution is 0.0391. The van der Waals surface area contributed by atoms with Gasteiger partial charge in [0.1, 0.15) is 18.3 Å². The summed E-state index contributed by atoms with van der Waals surface area (Å²) in [4.78, 5) is 0. The first-order valence-electron chi connectivity index (χ1n) is 3.32. The van der Waals surface area contributed by atoms with Crippen LogP contribution in [0.15, 0.2) is 9.47 Å². The molecule has 0 saturated carbocycles. The zero-order valence-corrected chi connectivity index (χ0v) is 9.19. The topological polar surface area (TPSA) is 49.7 Å². The van der Waals surface area contributed by atoms with Crippen LogP contribution in [0.25, 0.3) is 0 Å². The van der Waals surface area contributed by atoms with Crippen molar-refractivity contribution >= 4 is 31.9 Å². The average Bonchev–Trinajstić information content (AvgIpc) is 2.17. The molecule has 5 heteroatoms. The minimum Gasteiger partial charge on any atom is -0.388 e. The zero-order chi connectivity index (χ0) is 9.30. The largest absolute Gasteiger partial charge is 0.388 e. The summed E-state index contributed by atoms with van der Waals surface area (Å²) in [6, 6.07) is 0. The molecule has 1 saturated heterocycles. The highest BCUT2D eigenvalue weighted by atomic mass is 79.9. The number of aliphatic hydroxyl groups excluding tert-OH is 2. The molecule has 1 rings (SSSR count). The molecule has 3 nitrogen and oxygen atoms in total. The van der Waals surface area contributed by atoms with Crippen molar-refractivity contribution in [2.24, 2.45) is 0 Å². The van der Waals surface area contributed by atoms with Crippen molar-refractivity contribution in [1.82, 2.24) is 0 Å². The molecular weight excluding hydrogens is 292 g/mol. The molecule has 2 radical (unpaired) electrons. The van der Waals surface area contributed by atoms with Gasteiger partial charge in [0.25, 0.3) is 0 Å². The van der Waals surface area contributed by atoms with E-state index in [1.165, 1.54) is 0 Å². The van der Waals surface area contributed by atoms with Crippen molar-refractivity contribution < 1.29 is 14.9 Å². The third-order valence-corrected chi connectivity index (χ3v) is 2.16. The van der Waals surface area contributed by atoms with Crippen molar-refractivity contribution in [3.8, 4) is 0 Å². The molecule has 1 heterocycles. The van der Waals surface area contributed by atoms with Crippen molar-refractivity contribution in [3.63, 3.8) is 0 Å². The van der Waals surface area contributed by atoms with Crippen molar-refractivity contribution in [3.05, 3.63) is 16.4 Å². The Morgan fingerprint density at radius 3 is 2.25 bits per heavy atom. The highest BCUT2D eigenvalue weighted by molar-refractivity contribution is 9.28. The third kappa shape index (κ3) is 2.29. The monoisotopic (exact) mass is 298 g/mol. The van der Waals surface area contributed by atoms with E-state index in [4.69, 9.17) is 11.7 Å². The van der Waals surface area contributed by atoms with Crippen LogP contribution >= 0.6 is 31.9 Å². The predicted octanol–water partition coefficient (Wildman–Crippen LogP) is 0.818. The maximum atomic E-state index is 9.34. The minimum absolute atomic E-state index is 0.566. The van der Waals surface area contributed by atoms with Gasteiger partial charge in [0.15, 0.2) is 0 Å². The van der Waals surface area contributed by atoms with E-state index < -0.39 is 24.4 Å². The molecule has 1 aliphatic heterocycles. The molecule has 2 N–H and O–H groups in total. The van der Waals surface area contributed by atoms with Crippen LogP contribution < -0.4 is 0 Å². The van der Waals surface area contributed by atoms with Gasteiger partial charge in [-0.05, 0) is 44.9 Å². The predicted molar refractivity (Wildman–Crippen MR) is 50.9 cm³/mol. The van der Waals surface area contributed by atoms with Gasteiger partial charge in [-0.15, -0.1) is 0 Å². The standard InChI is InChI=1S/C7H8Br2O3/c1-3-6(10)7(11)4(12-3)2-5(8)9/h1-4,6-7,10-11H/t3-,4+,6?,7-/m0/s1. The summed E-state index contributed by atoms with van der Waals surface area (Å²) in [7, 11) is 0. The van der Waals surface area contributed by atoms with Crippen LogP contribution in [0.5, 0.6) is 0 Å². The minimum atomic E-state index is -1.02. The number of hydrogen-bond acceptors (Lipinski definition) is 3. The fraction of sp³-hybridized carbons (Fsp3) is 0.571. The summed E-state index contributed by atoms with van der Waals surface area (Å²) < 4.78 is 5.69. The van der Waals surface area contributed by atoms with E-state index in [0.717, 1.165) is 0 Å². The van der Waals surface area contributed by atoms with E-state index in [0.29, 0.717) is 3.39 Å². The van der Waals surface area contributed by atoms with Gasteiger partial charge < -0.3 is 14.9 Å². The van der Waals surface area contributed by atoms with Gasteiger partial charge in [-0.2, -0.15) is 0 Å². The first-order chi connectivity index (χ1) is 5.52. The highest BCUT2D eigenvalue weighted by Crippen LogP contribution is 2.25. The molecule has 1 fully saturated rings. The van der Waals surface area contributed by atoms with Gasteiger partial charge in [0.2, 0.25) is 0 Å². The van der Waals surface area contributed by atoms with Crippen molar-refractivity contribution in [2.75, 3.05) is 0 Å². The lowest BCUT2D eigenvalue weighted by Gasteiger charge is -2.09. The molecular formula is C7H8Br2O3.